The molecule has 0 atom stereocenters. The maximum Gasteiger partial charge on any atom is 0.289 e. The summed E-state index contributed by atoms with van der Waals surface area (Å²) in [7, 11) is 1.60. The SMILES string of the molecule is CCN1CCn2cc(CNC(=O)Cc3cccc(OC)c3)nc2C1=O. The summed E-state index contributed by atoms with van der Waals surface area (Å²) in [6, 6.07) is 7.42. The predicted molar refractivity (Wildman–Crippen MR) is 92.3 cm³/mol. The van der Waals surface area contributed by atoms with Gasteiger partial charge in [0.1, 0.15) is 5.75 Å². The number of likely N-dealkylation sites (N-methyl/N-ethyl adjacent to an activating group) is 1. The minimum atomic E-state index is -0.0965. The van der Waals surface area contributed by atoms with Gasteiger partial charge in [-0.2, -0.15) is 0 Å². The summed E-state index contributed by atoms with van der Waals surface area (Å²) in [4.78, 5) is 30.5. The van der Waals surface area contributed by atoms with Crippen molar-refractivity contribution in [2.45, 2.75) is 26.4 Å². The Balaban J connectivity index is 1.59. The smallest absolute Gasteiger partial charge is 0.289 e. The van der Waals surface area contributed by atoms with Crippen molar-refractivity contribution in [3.05, 3.63) is 47.5 Å². The number of ether oxygens (including phenoxy) is 1. The van der Waals surface area contributed by atoms with Crippen LogP contribution >= 0.6 is 0 Å². The van der Waals surface area contributed by atoms with Crippen molar-refractivity contribution in [3.63, 3.8) is 0 Å². The van der Waals surface area contributed by atoms with E-state index in [-0.39, 0.29) is 18.2 Å². The van der Waals surface area contributed by atoms with Crippen molar-refractivity contribution in [1.29, 1.82) is 0 Å². The molecule has 0 aliphatic carbocycles. The molecule has 0 saturated heterocycles. The molecule has 7 heteroatoms. The number of benzene rings is 1. The maximum absolute atomic E-state index is 12.2. The highest BCUT2D eigenvalue weighted by molar-refractivity contribution is 5.91. The third kappa shape index (κ3) is 3.81. The molecule has 3 rings (SSSR count). The number of methoxy groups -OCH3 is 1. The van der Waals surface area contributed by atoms with E-state index in [4.69, 9.17) is 4.74 Å². The minimum absolute atomic E-state index is 0.0530. The molecule has 2 heterocycles. The van der Waals surface area contributed by atoms with Gasteiger partial charge in [-0.3, -0.25) is 9.59 Å². The van der Waals surface area contributed by atoms with Crippen LogP contribution in [0.4, 0.5) is 0 Å². The highest BCUT2D eigenvalue weighted by atomic mass is 16.5. The number of imidazole rings is 1. The Morgan fingerprint density at radius 3 is 2.96 bits per heavy atom. The molecule has 1 N–H and O–H groups in total. The molecule has 0 spiro atoms. The number of rotatable bonds is 6. The van der Waals surface area contributed by atoms with Crippen LogP contribution in [-0.2, 0) is 24.3 Å². The average Bonchev–Trinajstić information content (AvgIpc) is 3.04. The number of nitrogens with zero attached hydrogens (tertiary/aromatic N) is 3. The molecule has 0 fully saturated rings. The van der Waals surface area contributed by atoms with E-state index in [0.717, 1.165) is 17.9 Å². The van der Waals surface area contributed by atoms with Gasteiger partial charge in [-0.05, 0) is 24.6 Å². The molecule has 0 unspecified atom stereocenters. The lowest BCUT2D eigenvalue weighted by Gasteiger charge is -2.25. The van der Waals surface area contributed by atoms with Gasteiger partial charge in [-0.1, -0.05) is 12.1 Å². The highest BCUT2D eigenvalue weighted by Gasteiger charge is 2.25. The van der Waals surface area contributed by atoms with E-state index in [9.17, 15) is 9.59 Å². The largest absolute Gasteiger partial charge is 0.497 e. The second kappa shape index (κ2) is 7.38. The third-order valence-corrected chi connectivity index (χ3v) is 4.26. The Morgan fingerprint density at radius 1 is 1.36 bits per heavy atom. The second-order valence-corrected chi connectivity index (χ2v) is 5.94. The van der Waals surface area contributed by atoms with Gasteiger partial charge in [0.2, 0.25) is 5.91 Å². The van der Waals surface area contributed by atoms with Gasteiger partial charge >= 0.3 is 0 Å². The molecule has 2 amide bonds. The summed E-state index contributed by atoms with van der Waals surface area (Å²) in [6.45, 7) is 4.37. The first-order chi connectivity index (χ1) is 12.1. The van der Waals surface area contributed by atoms with Crippen LogP contribution in [0.25, 0.3) is 0 Å². The molecule has 7 nitrogen and oxygen atoms in total. The zero-order valence-corrected chi connectivity index (χ0v) is 14.5. The molecule has 2 aromatic rings. The van der Waals surface area contributed by atoms with Gasteiger partial charge in [-0.15, -0.1) is 0 Å². The molecular weight excluding hydrogens is 320 g/mol. The Hall–Kier alpha value is -2.83. The van der Waals surface area contributed by atoms with Gasteiger partial charge in [0, 0.05) is 25.8 Å². The highest BCUT2D eigenvalue weighted by Crippen LogP contribution is 2.14. The van der Waals surface area contributed by atoms with Crippen molar-refractivity contribution in [2.75, 3.05) is 20.2 Å². The van der Waals surface area contributed by atoms with Crippen LogP contribution in [-0.4, -0.2) is 46.5 Å². The van der Waals surface area contributed by atoms with E-state index in [1.54, 1.807) is 12.0 Å². The van der Waals surface area contributed by atoms with Crippen molar-refractivity contribution >= 4 is 11.8 Å². The molecule has 1 aromatic heterocycles. The maximum atomic E-state index is 12.2. The van der Waals surface area contributed by atoms with E-state index in [0.29, 0.717) is 31.2 Å². The van der Waals surface area contributed by atoms with Crippen LogP contribution in [0.1, 0.15) is 28.8 Å². The molecule has 132 valence electrons. The lowest BCUT2D eigenvalue weighted by molar-refractivity contribution is -0.120. The Bertz CT molecular complexity index is 784. The Morgan fingerprint density at radius 2 is 2.20 bits per heavy atom. The van der Waals surface area contributed by atoms with E-state index in [2.05, 4.69) is 10.3 Å². The van der Waals surface area contributed by atoms with Crippen LogP contribution in [0, 0.1) is 0 Å². The zero-order chi connectivity index (χ0) is 17.8. The normalized spacial score (nSPS) is 13.5. The van der Waals surface area contributed by atoms with Crippen LogP contribution in [0.15, 0.2) is 30.5 Å². The monoisotopic (exact) mass is 342 g/mol. The van der Waals surface area contributed by atoms with Gasteiger partial charge in [0.25, 0.3) is 5.91 Å². The number of aromatic nitrogens is 2. The lowest BCUT2D eigenvalue weighted by Crippen LogP contribution is -2.40. The molecule has 0 saturated carbocycles. The quantitative estimate of drug-likeness (QED) is 0.856. The average molecular weight is 342 g/mol. The fourth-order valence-corrected chi connectivity index (χ4v) is 2.89. The molecule has 25 heavy (non-hydrogen) atoms. The molecule has 0 bridgehead atoms. The van der Waals surface area contributed by atoms with Gasteiger partial charge < -0.3 is 19.5 Å². The Labute approximate surface area is 146 Å². The van der Waals surface area contributed by atoms with Crippen molar-refractivity contribution < 1.29 is 14.3 Å². The van der Waals surface area contributed by atoms with Crippen LogP contribution in [0.5, 0.6) is 5.75 Å². The first kappa shape index (κ1) is 17.0. The molecule has 0 radical (unpaired) electrons. The summed E-state index contributed by atoms with van der Waals surface area (Å²) < 4.78 is 7.02. The van der Waals surface area contributed by atoms with E-state index in [1.807, 2.05) is 42.0 Å². The first-order valence-electron chi connectivity index (χ1n) is 8.35. The number of hydrogen-bond donors (Lipinski definition) is 1. The number of fused-ring (bicyclic) bond motifs is 1. The number of carbonyl (C=O) groups excluding carboxylic acids is 2. The summed E-state index contributed by atoms with van der Waals surface area (Å²) in [5.41, 5.74) is 1.58. The topological polar surface area (TPSA) is 76.5 Å². The summed E-state index contributed by atoms with van der Waals surface area (Å²) in [6.07, 6.45) is 2.11. The van der Waals surface area contributed by atoms with Gasteiger partial charge in [0.05, 0.1) is 25.8 Å². The number of nitrogens with one attached hydrogen (secondary N) is 1. The number of carbonyl (C=O) groups is 2. The summed E-state index contributed by atoms with van der Waals surface area (Å²) in [5, 5.41) is 2.85. The second-order valence-electron chi connectivity index (χ2n) is 5.94. The molecule has 1 aromatic carbocycles. The fourth-order valence-electron chi connectivity index (χ4n) is 2.89. The first-order valence-corrected chi connectivity index (χ1v) is 8.35. The third-order valence-electron chi connectivity index (χ3n) is 4.26. The summed E-state index contributed by atoms with van der Waals surface area (Å²) in [5.74, 6) is 1.03. The fraction of sp³-hybridized carbons (Fsp3) is 0.389. The summed E-state index contributed by atoms with van der Waals surface area (Å²) >= 11 is 0. The van der Waals surface area contributed by atoms with Gasteiger partial charge in [-0.25, -0.2) is 4.98 Å². The molecule has 1 aliphatic rings. The van der Waals surface area contributed by atoms with Crippen molar-refractivity contribution in [1.82, 2.24) is 19.8 Å². The van der Waals surface area contributed by atoms with E-state index < -0.39 is 0 Å². The van der Waals surface area contributed by atoms with Crippen LogP contribution < -0.4 is 10.1 Å². The van der Waals surface area contributed by atoms with E-state index in [1.165, 1.54) is 0 Å². The van der Waals surface area contributed by atoms with Crippen molar-refractivity contribution in [2.24, 2.45) is 0 Å². The van der Waals surface area contributed by atoms with Crippen LogP contribution in [0.2, 0.25) is 0 Å². The Kier molecular flexibility index (Phi) is 5.02. The van der Waals surface area contributed by atoms with E-state index >= 15 is 0 Å². The molecule has 1 aliphatic heterocycles. The van der Waals surface area contributed by atoms with Crippen LogP contribution in [0.3, 0.4) is 0 Å². The minimum Gasteiger partial charge on any atom is -0.497 e. The standard InChI is InChI=1S/C18H22N4O3/c1-3-21-7-8-22-12-14(20-17(22)18(21)24)11-19-16(23)10-13-5-4-6-15(9-13)25-2/h4-6,9,12H,3,7-8,10-11H2,1-2H3,(H,19,23). The predicted octanol–water partition coefficient (Wildman–Crippen LogP) is 1.23. The van der Waals surface area contributed by atoms with Crippen molar-refractivity contribution in [3.8, 4) is 5.75 Å². The zero-order valence-electron chi connectivity index (χ0n) is 14.5. The van der Waals surface area contributed by atoms with Gasteiger partial charge in [0.15, 0.2) is 5.82 Å². The number of amides is 2. The lowest BCUT2D eigenvalue weighted by atomic mass is 10.1. The number of hydrogen-bond acceptors (Lipinski definition) is 4. The molecular formula is C18H22N4O3.